The van der Waals surface area contributed by atoms with Gasteiger partial charge >= 0.3 is 6.03 Å². The third kappa shape index (κ3) is 6.33. The van der Waals surface area contributed by atoms with Crippen LogP contribution in [0.4, 0.5) is 10.5 Å². The van der Waals surface area contributed by atoms with E-state index in [1.54, 1.807) is 0 Å². The van der Waals surface area contributed by atoms with E-state index in [0.29, 0.717) is 19.6 Å². The Hall–Kier alpha value is -2.08. The van der Waals surface area contributed by atoms with Gasteiger partial charge in [-0.25, -0.2) is 4.79 Å². The molecule has 0 saturated carbocycles. The van der Waals surface area contributed by atoms with E-state index >= 15 is 0 Å². The lowest BCUT2D eigenvalue weighted by atomic mass is 10.1. The Kier molecular flexibility index (Phi) is 8.41. The highest BCUT2D eigenvalue weighted by atomic mass is 16.2. The lowest BCUT2D eigenvalue weighted by molar-refractivity contribution is -0.117. The quantitative estimate of drug-likeness (QED) is 0.701. The first-order valence-corrected chi connectivity index (χ1v) is 9.77. The lowest BCUT2D eigenvalue weighted by Crippen LogP contribution is -2.53. The molecular formula is C20H32N4O2. The van der Waals surface area contributed by atoms with Crippen LogP contribution < -0.4 is 10.6 Å². The van der Waals surface area contributed by atoms with Gasteiger partial charge in [0.25, 0.3) is 0 Å². The number of carbonyl (C=O) groups excluding carboxylic acids is 2. The summed E-state index contributed by atoms with van der Waals surface area (Å²) in [5.41, 5.74) is 2.04. The zero-order valence-corrected chi connectivity index (χ0v) is 16.1. The van der Waals surface area contributed by atoms with E-state index in [4.69, 9.17) is 0 Å². The maximum atomic E-state index is 12.3. The summed E-state index contributed by atoms with van der Waals surface area (Å²) in [6, 6.07) is 7.92. The number of unbranched alkanes of at least 4 members (excludes halogenated alkanes) is 2. The van der Waals surface area contributed by atoms with Crippen molar-refractivity contribution in [2.24, 2.45) is 0 Å². The molecule has 2 N–H and O–H groups in total. The van der Waals surface area contributed by atoms with E-state index in [9.17, 15) is 9.59 Å². The summed E-state index contributed by atoms with van der Waals surface area (Å²) in [4.78, 5) is 28.4. The van der Waals surface area contributed by atoms with Crippen molar-refractivity contribution in [3.8, 4) is 0 Å². The molecule has 0 aromatic heterocycles. The number of hydrogen-bond acceptors (Lipinski definition) is 3. The number of hydrogen-bond donors (Lipinski definition) is 2. The number of aryl methyl sites for hydroxylation is 1. The highest BCUT2D eigenvalue weighted by molar-refractivity contribution is 5.93. The Morgan fingerprint density at radius 1 is 1.04 bits per heavy atom. The fraction of sp³-hybridized carbons (Fsp3) is 0.600. The number of anilines is 1. The van der Waals surface area contributed by atoms with Gasteiger partial charge in [-0.2, -0.15) is 0 Å². The number of piperazine rings is 1. The summed E-state index contributed by atoms with van der Waals surface area (Å²) < 4.78 is 0. The molecule has 3 amide bonds. The van der Waals surface area contributed by atoms with Crippen LogP contribution in [0.2, 0.25) is 0 Å². The van der Waals surface area contributed by atoms with E-state index in [0.717, 1.165) is 56.6 Å². The Labute approximate surface area is 156 Å². The van der Waals surface area contributed by atoms with Crippen LogP contribution in [0.1, 0.15) is 38.7 Å². The molecule has 0 bridgehead atoms. The molecule has 6 heteroatoms. The number of benzene rings is 1. The van der Waals surface area contributed by atoms with Crippen LogP contribution in [0.5, 0.6) is 0 Å². The van der Waals surface area contributed by atoms with Gasteiger partial charge in [0.2, 0.25) is 5.91 Å². The van der Waals surface area contributed by atoms with Gasteiger partial charge in [-0.3, -0.25) is 9.69 Å². The molecule has 1 saturated heterocycles. The molecule has 0 atom stereocenters. The summed E-state index contributed by atoms with van der Waals surface area (Å²) in [6.07, 6.45) is 4.22. The molecule has 1 aromatic carbocycles. The number of nitrogens with zero attached hydrogens (tertiary/aromatic N) is 2. The Balaban J connectivity index is 1.71. The fourth-order valence-electron chi connectivity index (χ4n) is 3.13. The average molecular weight is 361 g/mol. The smallest absolute Gasteiger partial charge is 0.317 e. The second kappa shape index (κ2) is 10.8. The average Bonchev–Trinajstić information content (AvgIpc) is 2.66. The van der Waals surface area contributed by atoms with Crippen LogP contribution in [0, 0.1) is 0 Å². The SMILES string of the molecule is CCCCCNC(=O)N1CCN(CC(=O)Nc2ccccc2CC)CC1. The Morgan fingerprint density at radius 2 is 1.77 bits per heavy atom. The van der Waals surface area contributed by atoms with Crippen molar-refractivity contribution in [3.63, 3.8) is 0 Å². The molecule has 1 aromatic rings. The molecule has 6 nitrogen and oxygen atoms in total. The first-order valence-electron chi connectivity index (χ1n) is 9.77. The summed E-state index contributed by atoms with van der Waals surface area (Å²) in [7, 11) is 0. The van der Waals surface area contributed by atoms with Crippen LogP contribution in [0.25, 0.3) is 0 Å². The van der Waals surface area contributed by atoms with Crippen molar-refractivity contribution in [2.75, 3.05) is 44.6 Å². The maximum absolute atomic E-state index is 12.3. The monoisotopic (exact) mass is 360 g/mol. The summed E-state index contributed by atoms with van der Waals surface area (Å²) in [5, 5.41) is 5.99. The number of amides is 3. The molecule has 1 fully saturated rings. The molecule has 26 heavy (non-hydrogen) atoms. The number of urea groups is 1. The molecule has 1 aliphatic heterocycles. The van der Waals surface area contributed by atoms with Crippen molar-refractivity contribution in [1.29, 1.82) is 0 Å². The summed E-state index contributed by atoms with van der Waals surface area (Å²) in [6.45, 7) is 8.12. The minimum Gasteiger partial charge on any atom is -0.338 e. The largest absolute Gasteiger partial charge is 0.338 e. The molecule has 1 heterocycles. The predicted molar refractivity (Wildman–Crippen MR) is 105 cm³/mol. The van der Waals surface area contributed by atoms with Gasteiger partial charge < -0.3 is 15.5 Å². The minimum atomic E-state index is 0.00312. The number of para-hydroxylation sites is 1. The maximum Gasteiger partial charge on any atom is 0.317 e. The van der Waals surface area contributed by atoms with Crippen LogP contribution in [0.3, 0.4) is 0 Å². The van der Waals surface area contributed by atoms with Gasteiger partial charge in [-0.05, 0) is 24.5 Å². The molecule has 0 radical (unpaired) electrons. The van der Waals surface area contributed by atoms with Crippen molar-refractivity contribution in [3.05, 3.63) is 29.8 Å². The normalized spacial score (nSPS) is 14.9. The molecular weight excluding hydrogens is 328 g/mol. The van der Waals surface area contributed by atoms with Crippen LogP contribution >= 0.6 is 0 Å². The summed E-state index contributed by atoms with van der Waals surface area (Å²) >= 11 is 0. The van der Waals surface area contributed by atoms with Crippen molar-refractivity contribution in [2.45, 2.75) is 39.5 Å². The third-order valence-electron chi connectivity index (χ3n) is 4.76. The number of rotatable bonds is 8. The van der Waals surface area contributed by atoms with Crippen LogP contribution in [-0.2, 0) is 11.2 Å². The molecule has 0 spiro atoms. The van der Waals surface area contributed by atoms with E-state index in [1.807, 2.05) is 29.2 Å². The molecule has 2 rings (SSSR count). The van der Waals surface area contributed by atoms with Gasteiger partial charge in [-0.1, -0.05) is 44.9 Å². The van der Waals surface area contributed by atoms with Crippen molar-refractivity contribution < 1.29 is 9.59 Å². The van der Waals surface area contributed by atoms with Crippen molar-refractivity contribution >= 4 is 17.6 Å². The van der Waals surface area contributed by atoms with Gasteiger partial charge in [-0.15, -0.1) is 0 Å². The Bertz CT molecular complexity index is 583. The van der Waals surface area contributed by atoms with Crippen molar-refractivity contribution in [1.82, 2.24) is 15.1 Å². The first-order chi connectivity index (χ1) is 12.6. The minimum absolute atomic E-state index is 0.00312. The second-order valence-corrected chi connectivity index (χ2v) is 6.76. The fourth-order valence-corrected chi connectivity index (χ4v) is 3.13. The highest BCUT2D eigenvalue weighted by Gasteiger charge is 2.22. The van der Waals surface area contributed by atoms with E-state index in [2.05, 4.69) is 29.4 Å². The van der Waals surface area contributed by atoms with Crippen LogP contribution in [0.15, 0.2) is 24.3 Å². The summed E-state index contributed by atoms with van der Waals surface area (Å²) in [5.74, 6) is 0.00312. The molecule has 0 aliphatic carbocycles. The predicted octanol–water partition coefficient (Wildman–Crippen LogP) is 2.70. The van der Waals surface area contributed by atoms with Crippen LogP contribution in [-0.4, -0.2) is 61.0 Å². The topological polar surface area (TPSA) is 64.7 Å². The zero-order chi connectivity index (χ0) is 18.8. The molecule has 1 aliphatic rings. The molecule has 0 unspecified atom stereocenters. The number of nitrogens with one attached hydrogen (secondary N) is 2. The highest BCUT2D eigenvalue weighted by Crippen LogP contribution is 2.15. The van der Waals surface area contributed by atoms with Gasteiger partial charge in [0.05, 0.1) is 6.54 Å². The van der Waals surface area contributed by atoms with Gasteiger partial charge in [0.1, 0.15) is 0 Å². The zero-order valence-electron chi connectivity index (χ0n) is 16.1. The molecule has 144 valence electrons. The first kappa shape index (κ1) is 20.2. The lowest BCUT2D eigenvalue weighted by Gasteiger charge is -2.34. The van der Waals surface area contributed by atoms with E-state index < -0.39 is 0 Å². The number of carbonyl (C=O) groups is 2. The second-order valence-electron chi connectivity index (χ2n) is 6.76. The van der Waals surface area contributed by atoms with E-state index in [1.165, 1.54) is 0 Å². The Morgan fingerprint density at radius 3 is 2.46 bits per heavy atom. The van der Waals surface area contributed by atoms with E-state index in [-0.39, 0.29) is 11.9 Å². The third-order valence-corrected chi connectivity index (χ3v) is 4.76. The standard InChI is InChI=1S/C20H32N4O2/c1-3-5-8-11-21-20(26)24-14-12-23(13-15-24)16-19(25)22-18-10-7-6-9-17(18)4-2/h6-7,9-10H,3-5,8,11-16H2,1-2H3,(H,21,26)(H,22,25). The van der Waals surface area contributed by atoms with Gasteiger partial charge in [0.15, 0.2) is 0 Å². The van der Waals surface area contributed by atoms with Gasteiger partial charge in [0, 0.05) is 38.4 Å².